The van der Waals surface area contributed by atoms with Gasteiger partial charge >= 0.3 is 0 Å². The van der Waals surface area contributed by atoms with Gasteiger partial charge in [-0.3, -0.25) is 4.79 Å². The summed E-state index contributed by atoms with van der Waals surface area (Å²) < 4.78 is 11.4. The van der Waals surface area contributed by atoms with Crippen molar-refractivity contribution >= 4 is 27.4 Å². The Morgan fingerprint density at radius 3 is 2.67 bits per heavy atom. The molecule has 0 aliphatic rings. The predicted molar refractivity (Wildman–Crippen MR) is 86.1 cm³/mol. The lowest BCUT2D eigenvalue weighted by Crippen LogP contribution is -2.06. The number of carbonyl (C=O) groups is 1. The molecule has 0 unspecified atom stereocenters. The fourth-order valence-electron chi connectivity index (χ4n) is 2.03. The average Bonchev–Trinajstić information content (AvgIpc) is 2.48. The molecule has 0 saturated carbocycles. The highest BCUT2D eigenvalue weighted by atomic mass is 79.9. The van der Waals surface area contributed by atoms with Gasteiger partial charge in [0.25, 0.3) is 0 Å². The second-order valence-corrected chi connectivity index (χ2v) is 5.19. The van der Waals surface area contributed by atoms with E-state index in [0.717, 1.165) is 4.47 Å². The second kappa shape index (κ2) is 6.63. The maximum absolute atomic E-state index is 12.6. The quantitative estimate of drug-likeness (QED) is 0.660. The first-order valence-corrected chi connectivity index (χ1v) is 7.27. The van der Waals surface area contributed by atoms with Gasteiger partial charge in [0.2, 0.25) is 0 Å². The summed E-state index contributed by atoms with van der Waals surface area (Å²) >= 11 is 3.41. The van der Waals surface area contributed by atoms with Gasteiger partial charge < -0.3 is 15.2 Å². The number of ketones is 1. The van der Waals surface area contributed by atoms with E-state index in [0.29, 0.717) is 34.9 Å². The first kappa shape index (κ1) is 15.4. The Balaban J connectivity index is 2.41. The zero-order valence-electron chi connectivity index (χ0n) is 11.9. The normalized spacial score (nSPS) is 10.2. The monoisotopic (exact) mass is 349 g/mol. The molecule has 0 aliphatic carbocycles. The zero-order chi connectivity index (χ0) is 15.4. The van der Waals surface area contributed by atoms with Crippen LogP contribution in [0.4, 0.5) is 5.69 Å². The van der Waals surface area contributed by atoms with Crippen molar-refractivity contribution in [3.05, 3.63) is 52.0 Å². The van der Waals surface area contributed by atoms with Crippen molar-refractivity contribution in [2.75, 3.05) is 19.5 Å². The van der Waals surface area contributed by atoms with Crippen molar-refractivity contribution in [2.24, 2.45) is 0 Å². The number of ether oxygens (including phenoxy) is 2. The molecular weight excluding hydrogens is 334 g/mol. The van der Waals surface area contributed by atoms with E-state index in [9.17, 15) is 4.79 Å². The summed E-state index contributed by atoms with van der Waals surface area (Å²) in [6.45, 7) is 2.47. The molecule has 0 aliphatic heterocycles. The average molecular weight is 350 g/mol. The number of hydrogen-bond acceptors (Lipinski definition) is 4. The maximum Gasteiger partial charge on any atom is 0.196 e. The highest BCUT2D eigenvalue weighted by Gasteiger charge is 2.17. The summed E-state index contributed by atoms with van der Waals surface area (Å²) in [7, 11) is 1.50. The van der Waals surface area contributed by atoms with E-state index in [1.54, 1.807) is 36.4 Å². The highest BCUT2D eigenvalue weighted by molar-refractivity contribution is 9.10. The van der Waals surface area contributed by atoms with Gasteiger partial charge in [-0.15, -0.1) is 0 Å². The Morgan fingerprint density at radius 1 is 1.29 bits per heavy atom. The van der Waals surface area contributed by atoms with Crippen LogP contribution in [0.3, 0.4) is 0 Å². The molecule has 110 valence electrons. The van der Waals surface area contributed by atoms with Crippen LogP contribution in [0.5, 0.6) is 11.5 Å². The first-order chi connectivity index (χ1) is 10.1. The number of nitrogens with two attached hydrogens (primary N) is 1. The summed E-state index contributed by atoms with van der Waals surface area (Å²) in [5.74, 6) is 0.948. The SMILES string of the molecule is CCOc1ccc(C(=O)c2cccc(N)c2OC)cc1Br. The van der Waals surface area contributed by atoms with Crippen LogP contribution < -0.4 is 15.2 Å². The van der Waals surface area contributed by atoms with Crippen LogP contribution in [-0.4, -0.2) is 19.5 Å². The molecule has 2 aromatic carbocycles. The summed E-state index contributed by atoms with van der Waals surface area (Å²) in [5, 5.41) is 0. The fourth-order valence-corrected chi connectivity index (χ4v) is 2.52. The Morgan fingerprint density at radius 2 is 2.05 bits per heavy atom. The van der Waals surface area contributed by atoms with Crippen molar-refractivity contribution in [2.45, 2.75) is 6.92 Å². The van der Waals surface area contributed by atoms with Crippen LogP contribution in [0.25, 0.3) is 0 Å². The molecule has 5 heteroatoms. The van der Waals surface area contributed by atoms with E-state index in [1.165, 1.54) is 7.11 Å². The number of anilines is 1. The topological polar surface area (TPSA) is 61.5 Å². The maximum atomic E-state index is 12.6. The molecule has 2 N–H and O–H groups in total. The van der Waals surface area contributed by atoms with E-state index in [2.05, 4.69) is 15.9 Å². The van der Waals surface area contributed by atoms with Gasteiger partial charge in [0, 0.05) is 5.56 Å². The standard InChI is InChI=1S/C16H16BrNO3/c1-3-21-14-8-7-10(9-12(14)17)15(19)11-5-4-6-13(18)16(11)20-2/h4-9H,3,18H2,1-2H3. The third-order valence-corrected chi connectivity index (χ3v) is 3.61. The van der Waals surface area contributed by atoms with Crippen molar-refractivity contribution < 1.29 is 14.3 Å². The lowest BCUT2D eigenvalue weighted by molar-refractivity contribution is 0.103. The van der Waals surface area contributed by atoms with Crippen LogP contribution in [0.2, 0.25) is 0 Å². The smallest absolute Gasteiger partial charge is 0.196 e. The van der Waals surface area contributed by atoms with Crippen LogP contribution in [-0.2, 0) is 0 Å². The highest BCUT2D eigenvalue weighted by Crippen LogP contribution is 2.31. The third kappa shape index (κ3) is 3.19. The van der Waals surface area contributed by atoms with Crippen LogP contribution >= 0.6 is 15.9 Å². The summed E-state index contributed by atoms with van der Waals surface area (Å²) in [5.41, 5.74) is 7.25. The van der Waals surface area contributed by atoms with Gasteiger partial charge in [0.1, 0.15) is 5.75 Å². The predicted octanol–water partition coefficient (Wildman–Crippen LogP) is 3.67. The largest absolute Gasteiger partial charge is 0.494 e. The Hall–Kier alpha value is -2.01. The number of halogens is 1. The van der Waals surface area contributed by atoms with Gasteiger partial charge in [-0.25, -0.2) is 0 Å². The number of benzene rings is 2. The molecule has 0 bridgehead atoms. The Bertz CT molecular complexity index is 671. The van der Waals surface area contributed by atoms with E-state index < -0.39 is 0 Å². The first-order valence-electron chi connectivity index (χ1n) is 6.48. The molecule has 0 aromatic heterocycles. The Labute approximate surface area is 132 Å². The second-order valence-electron chi connectivity index (χ2n) is 4.34. The van der Waals surface area contributed by atoms with Gasteiger partial charge in [0.15, 0.2) is 11.5 Å². The van der Waals surface area contributed by atoms with Crippen molar-refractivity contribution in [1.29, 1.82) is 0 Å². The minimum absolute atomic E-state index is 0.150. The van der Waals surface area contributed by atoms with Crippen LogP contribution in [0.15, 0.2) is 40.9 Å². The minimum atomic E-state index is -0.150. The molecule has 2 rings (SSSR count). The molecule has 0 amide bonds. The lowest BCUT2D eigenvalue weighted by atomic mass is 10.0. The molecule has 4 nitrogen and oxygen atoms in total. The number of carbonyl (C=O) groups excluding carboxylic acids is 1. The summed E-state index contributed by atoms with van der Waals surface area (Å²) in [6.07, 6.45) is 0. The van der Waals surface area contributed by atoms with Crippen LogP contribution in [0, 0.1) is 0 Å². The molecule has 0 fully saturated rings. The van der Waals surface area contributed by atoms with E-state index in [-0.39, 0.29) is 5.78 Å². The fraction of sp³-hybridized carbons (Fsp3) is 0.188. The number of methoxy groups -OCH3 is 1. The summed E-state index contributed by atoms with van der Waals surface area (Å²) in [4.78, 5) is 12.6. The molecule has 21 heavy (non-hydrogen) atoms. The van der Waals surface area contributed by atoms with E-state index >= 15 is 0 Å². The molecule has 0 spiro atoms. The number of hydrogen-bond donors (Lipinski definition) is 1. The van der Waals surface area contributed by atoms with Crippen LogP contribution in [0.1, 0.15) is 22.8 Å². The van der Waals surface area contributed by atoms with E-state index in [1.807, 2.05) is 6.92 Å². The molecular formula is C16H16BrNO3. The molecule has 0 radical (unpaired) electrons. The molecule has 0 atom stereocenters. The number of nitrogen functional groups attached to an aromatic ring is 1. The molecule has 2 aromatic rings. The number of rotatable bonds is 5. The minimum Gasteiger partial charge on any atom is -0.494 e. The van der Waals surface area contributed by atoms with Crippen molar-refractivity contribution in [1.82, 2.24) is 0 Å². The van der Waals surface area contributed by atoms with Crippen molar-refractivity contribution in [3.8, 4) is 11.5 Å². The third-order valence-electron chi connectivity index (χ3n) is 2.99. The van der Waals surface area contributed by atoms with Crippen molar-refractivity contribution in [3.63, 3.8) is 0 Å². The molecule has 0 saturated heterocycles. The molecule has 0 heterocycles. The van der Waals surface area contributed by atoms with Gasteiger partial charge in [-0.1, -0.05) is 6.07 Å². The van der Waals surface area contributed by atoms with Gasteiger partial charge in [-0.05, 0) is 53.2 Å². The summed E-state index contributed by atoms with van der Waals surface area (Å²) in [6, 6.07) is 10.3. The zero-order valence-corrected chi connectivity index (χ0v) is 13.4. The lowest BCUT2D eigenvalue weighted by Gasteiger charge is -2.11. The number of para-hydroxylation sites is 1. The van der Waals surface area contributed by atoms with Gasteiger partial charge in [0.05, 0.1) is 29.4 Å². The van der Waals surface area contributed by atoms with E-state index in [4.69, 9.17) is 15.2 Å². The van der Waals surface area contributed by atoms with Gasteiger partial charge in [-0.2, -0.15) is 0 Å². The Kier molecular flexibility index (Phi) is 4.85.